The number of nitrogens with one attached hydrogen (secondary N) is 3. The lowest BCUT2D eigenvalue weighted by molar-refractivity contribution is 0.0448. The van der Waals surface area contributed by atoms with Crippen molar-refractivity contribution >= 4 is 34.3 Å². The number of halogens is 1. The molecule has 0 spiro atoms. The molecule has 0 saturated carbocycles. The molecule has 2 rings (SSSR count). The summed E-state index contributed by atoms with van der Waals surface area (Å²) in [5.74, 6) is 0.558. The standard InChI is InChI=1S/C16H25BrN6O2/c1-15(2,3)25-14(24)21-16(4)5-7-22(8-6-16)13-20-9-11(17)12(19)23(13)10-18/h9-10,18-19H,5-8H2,1-4H3,(H,21,24). The van der Waals surface area contributed by atoms with Crippen LogP contribution in [0.5, 0.6) is 0 Å². The van der Waals surface area contributed by atoms with E-state index >= 15 is 0 Å². The number of alkyl carbamates (subject to hydrolysis) is 1. The van der Waals surface area contributed by atoms with Gasteiger partial charge in [-0.1, -0.05) is 0 Å². The molecule has 0 radical (unpaired) electrons. The van der Waals surface area contributed by atoms with Crippen molar-refractivity contribution in [3.8, 4) is 0 Å². The second-order valence-electron chi connectivity index (χ2n) is 7.43. The van der Waals surface area contributed by atoms with E-state index in [-0.39, 0.29) is 11.0 Å². The summed E-state index contributed by atoms with van der Waals surface area (Å²) in [5, 5.41) is 18.6. The highest BCUT2D eigenvalue weighted by atomic mass is 79.9. The molecule has 1 aromatic heterocycles. The quantitative estimate of drug-likeness (QED) is 0.523. The summed E-state index contributed by atoms with van der Waals surface area (Å²) < 4.78 is 7.30. The number of anilines is 1. The number of carbonyl (C=O) groups excluding carboxylic acids is 1. The average molecular weight is 413 g/mol. The smallest absolute Gasteiger partial charge is 0.408 e. The zero-order chi connectivity index (χ0) is 18.8. The number of nitrogens with zero attached hydrogens (tertiary/aromatic N) is 3. The Morgan fingerprint density at radius 1 is 1.44 bits per heavy atom. The van der Waals surface area contributed by atoms with Crippen LogP contribution in [-0.2, 0) is 4.74 Å². The van der Waals surface area contributed by atoms with E-state index in [1.807, 2.05) is 32.6 Å². The van der Waals surface area contributed by atoms with Gasteiger partial charge in [0.05, 0.1) is 10.8 Å². The maximum atomic E-state index is 12.0. The van der Waals surface area contributed by atoms with Gasteiger partial charge in [0.15, 0.2) is 0 Å². The van der Waals surface area contributed by atoms with Gasteiger partial charge in [-0.05, 0) is 56.5 Å². The van der Waals surface area contributed by atoms with Gasteiger partial charge in [0.2, 0.25) is 5.95 Å². The van der Waals surface area contributed by atoms with E-state index in [4.69, 9.17) is 15.6 Å². The minimum absolute atomic E-state index is 0.181. The van der Waals surface area contributed by atoms with Gasteiger partial charge in [0, 0.05) is 24.8 Å². The Balaban J connectivity index is 2.07. The monoisotopic (exact) mass is 412 g/mol. The first kappa shape index (κ1) is 19.4. The van der Waals surface area contributed by atoms with Gasteiger partial charge in [-0.3, -0.25) is 15.4 Å². The van der Waals surface area contributed by atoms with Crippen molar-refractivity contribution in [2.45, 2.75) is 51.7 Å². The van der Waals surface area contributed by atoms with Gasteiger partial charge in [0.25, 0.3) is 0 Å². The fourth-order valence-electron chi connectivity index (χ4n) is 2.68. The Morgan fingerprint density at radius 3 is 2.56 bits per heavy atom. The number of ether oxygens (including phenoxy) is 1. The molecule has 1 amide bonds. The van der Waals surface area contributed by atoms with E-state index in [9.17, 15) is 4.79 Å². The van der Waals surface area contributed by atoms with Crippen molar-refractivity contribution in [2.75, 3.05) is 18.0 Å². The van der Waals surface area contributed by atoms with Crippen LogP contribution in [0, 0.1) is 10.8 Å². The lowest BCUT2D eigenvalue weighted by Crippen LogP contribution is -2.55. The van der Waals surface area contributed by atoms with Gasteiger partial charge in [0.1, 0.15) is 11.1 Å². The molecule has 0 aromatic carbocycles. The van der Waals surface area contributed by atoms with E-state index in [1.54, 1.807) is 6.20 Å². The van der Waals surface area contributed by atoms with Gasteiger partial charge < -0.3 is 15.0 Å². The number of hydrogen-bond donors (Lipinski definition) is 3. The molecular formula is C16H25BrN6O2. The van der Waals surface area contributed by atoms with Gasteiger partial charge in [-0.15, -0.1) is 0 Å². The second-order valence-corrected chi connectivity index (χ2v) is 8.28. The molecule has 1 fully saturated rings. The second kappa shape index (κ2) is 7.15. The van der Waals surface area contributed by atoms with E-state index < -0.39 is 11.7 Å². The maximum Gasteiger partial charge on any atom is 0.408 e. The van der Waals surface area contributed by atoms with Crippen molar-refractivity contribution in [2.24, 2.45) is 0 Å². The van der Waals surface area contributed by atoms with Crippen LogP contribution in [0.2, 0.25) is 0 Å². The third-order valence-corrected chi connectivity index (χ3v) is 4.64. The molecule has 0 atom stereocenters. The van der Waals surface area contributed by atoms with E-state index in [0.717, 1.165) is 19.2 Å². The third-order valence-electron chi connectivity index (χ3n) is 4.06. The summed E-state index contributed by atoms with van der Waals surface area (Å²) in [4.78, 5) is 18.4. The zero-order valence-electron chi connectivity index (χ0n) is 15.0. The summed E-state index contributed by atoms with van der Waals surface area (Å²) >= 11 is 3.26. The van der Waals surface area contributed by atoms with Crippen LogP contribution in [0.1, 0.15) is 40.5 Å². The summed E-state index contributed by atoms with van der Waals surface area (Å²) in [6.45, 7) is 8.84. The van der Waals surface area contributed by atoms with Gasteiger partial charge >= 0.3 is 6.09 Å². The van der Waals surface area contributed by atoms with Crippen LogP contribution >= 0.6 is 15.9 Å². The number of rotatable bonds is 3. The van der Waals surface area contributed by atoms with Crippen LogP contribution in [0.15, 0.2) is 10.7 Å². The molecule has 1 aliphatic heterocycles. The highest BCUT2D eigenvalue weighted by molar-refractivity contribution is 9.10. The lowest BCUT2D eigenvalue weighted by Gasteiger charge is -2.40. The Morgan fingerprint density at radius 2 is 2.04 bits per heavy atom. The highest BCUT2D eigenvalue weighted by Crippen LogP contribution is 2.25. The molecule has 0 bridgehead atoms. The first-order chi connectivity index (χ1) is 11.5. The molecule has 0 unspecified atom stereocenters. The molecule has 1 aliphatic rings. The topological polar surface area (TPSA) is 107 Å². The van der Waals surface area contributed by atoms with Crippen LogP contribution in [0.4, 0.5) is 10.7 Å². The summed E-state index contributed by atoms with van der Waals surface area (Å²) in [6, 6.07) is 0. The molecule has 0 aliphatic carbocycles. The molecular weight excluding hydrogens is 388 g/mol. The molecule has 138 valence electrons. The largest absolute Gasteiger partial charge is 0.444 e. The third kappa shape index (κ3) is 4.81. The van der Waals surface area contributed by atoms with Crippen LogP contribution in [-0.4, -0.2) is 46.2 Å². The maximum absolute atomic E-state index is 12.0. The fourth-order valence-corrected chi connectivity index (χ4v) is 2.98. The van der Waals surface area contributed by atoms with Crippen molar-refractivity contribution in [1.82, 2.24) is 14.9 Å². The first-order valence-corrected chi connectivity index (χ1v) is 8.92. The number of aromatic nitrogens is 2. The highest BCUT2D eigenvalue weighted by Gasteiger charge is 2.34. The first-order valence-electron chi connectivity index (χ1n) is 8.13. The Kier molecular flexibility index (Phi) is 5.55. The Hall–Kier alpha value is -1.90. The SMILES string of the molecule is CC1(NC(=O)OC(C)(C)C)CCN(c2ncc(Br)c(=N)n2C=N)CC1. The van der Waals surface area contributed by atoms with E-state index in [2.05, 4.69) is 26.2 Å². The summed E-state index contributed by atoms with van der Waals surface area (Å²) in [6.07, 6.45) is 3.69. The molecule has 3 N–H and O–H groups in total. The molecule has 1 aromatic rings. The van der Waals surface area contributed by atoms with Crippen molar-refractivity contribution < 1.29 is 9.53 Å². The lowest BCUT2D eigenvalue weighted by atomic mass is 9.90. The minimum Gasteiger partial charge on any atom is -0.444 e. The molecule has 8 nitrogen and oxygen atoms in total. The van der Waals surface area contributed by atoms with E-state index in [0.29, 0.717) is 23.5 Å². The van der Waals surface area contributed by atoms with Crippen molar-refractivity contribution in [1.29, 1.82) is 10.8 Å². The Bertz CT molecular complexity index is 716. The van der Waals surface area contributed by atoms with Gasteiger partial charge in [-0.25, -0.2) is 9.78 Å². The Labute approximate surface area is 155 Å². The molecule has 2 heterocycles. The van der Waals surface area contributed by atoms with Gasteiger partial charge in [-0.2, -0.15) is 0 Å². The molecule has 9 heteroatoms. The normalized spacial score (nSPS) is 17.1. The predicted octanol–water partition coefficient (Wildman–Crippen LogP) is 2.46. The van der Waals surface area contributed by atoms with Crippen molar-refractivity contribution in [3.63, 3.8) is 0 Å². The fraction of sp³-hybridized carbons (Fsp3) is 0.625. The zero-order valence-corrected chi connectivity index (χ0v) is 16.6. The average Bonchev–Trinajstić information content (AvgIpc) is 2.48. The van der Waals surface area contributed by atoms with E-state index in [1.165, 1.54) is 4.57 Å². The molecule has 1 saturated heterocycles. The minimum atomic E-state index is -0.525. The van der Waals surface area contributed by atoms with Crippen molar-refractivity contribution in [3.05, 3.63) is 16.2 Å². The van der Waals surface area contributed by atoms with Crippen LogP contribution in [0.25, 0.3) is 0 Å². The predicted molar refractivity (Wildman–Crippen MR) is 99.2 cm³/mol. The summed E-state index contributed by atoms with van der Waals surface area (Å²) in [5.41, 5.74) is -0.698. The number of piperidine rings is 1. The molecule has 25 heavy (non-hydrogen) atoms. The number of amides is 1. The number of carbonyl (C=O) groups is 1. The number of hydrogen-bond acceptors (Lipinski definition) is 6. The summed E-state index contributed by atoms with van der Waals surface area (Å²) in [7, 11) is 0. The van der Waals surface area contributed by atoms with Crippen LogP contribution < -0.4 is 15.7 Å². The van der Waals surface area contributed by atoms with Crippen LogP contribution in [0.3, 0.4) is 0 Å².